The highest BCUT2D eigenvalue weighted by Gasteiger charge is 2.11. The number of hydrogen-bond acceptors (Lipinski definition) is 2. The molecule has 0 aliphatic rings. The van der Waals surface area contributed by atoms with Gasteiger partial charge in [0.25, 0.3) is 0 Å². The molecule has 0 aromatic heterocycles. The number of benzene rings is 1. The average molecular weight is 263 g/mol. The molecule has 2 unspecified atom stereocenters. The van der Waals surface area contributed by atoms with Gasteiger partial charge in [-0.25, -0.2) is 4.79 Å². The molecule has 0 spiro atoms. The highest BCUT2D eigenvalue weighted by atomic mass is 16.2. The summed E-state index contributed by atoms with van der Waals surface area (Å²) in [6, 6.07) is 8.11. The maximum atomic E-state index is 10.7. The van der Waals surface area contributed by atoms with E-state index in [1.165, 1.54) is 18.4 Å². The minimum Gasteiger partial charge on any atom is -0.351 e. The molecule has 1 aromatic carbocycles. The van der Waals surface area contributed by atoms with Crippen LogP contribution in [-0.2, 0) is 0 Å². The van der Waals surface area contributed by atoms with Gasteiger partial charge >= 0.3 is 6.03 Å². The van der Waals surface area contributed by atoms with E-state index in [0.717, 1.165) is 12.1 Å². The standard InChI is InChI=1S/C15H25N3O/c1-4-6-13(5-2)17-11(3)12-7-9-14(10-8-12)18-15(16)19/h7-11,13,17H,4-6H2,1-3H3,(H3,16,18,19). The quantitative estimate of drug-likeness (QED) is 0.705. The Kier molecular flexibility index (Phi) is 6.36. The van der Waals surface area contributed by atoms with E-state index in [1.807, 2.05) is 24.3 Å². The fraction of sp³-hybridized carbons (Fsp3) is 0.533. The maximum absolute atomic E-state index is 10.7. The van der Waals surface area contributed by atoms with E-state index >= 15 is 0 Å². The first-order valence-electron chi connectivity index (χ1n) is 6.99. The fourth-order valence-electron chi connectivity index (χ4n) is 2.20. The third kappa shape index (κ3) is 5.30. The van der Waals surface area contributed by atoms with Crippen molar-refractivity contribution in [3.8, 4) is 0 Å². The highest BCUT2D eigenvalue weighted by molar-refractivity contribution is 5.87. The molecule has 106 valence electrons. The summed E-state index contributed by atoms with van der Waals surface area (Å²) >= 11 is 0. The van der Waals surface area contributed by atoms with E-state index in [0.29, 0.717) is 12.1 Å². The number of anilines is 1. The second-order valence-electron chi connectivity index (χ2n) is 4.89. The molecule has 0 saturated heterocycles. The molecule has 0 fully saturated rings. The predicted octanol–water partition coefficient (Wildman–Crippen LogP) is 3.41. The van der Waals surface area contributed by atoms with Gasteiger partial charge in [-0.05, 0) is 37.5 Å². The van der Waals surface area contributed by atoms with Gasteiger partial charge in [-0.15, -0.1) is 0 Å². The van der Waals surface area contributed by atoms with Gasteiger partial charge in [0.05, 0.1) is 0 Å². The van der Waals surface area contributed by atoms with E-state index in [1.54, 1.807) is 0 Å². The Labute approximate surface area is 115 Å². The lowest BCUT2D eigenvalue weighted by atomic mass is 10.0. The lowest BCUT2D eigenvalue weighted by Gasteiger charge is -2.22. The van der Waals surface area contributed by atoms with E-state index < -0.39 is 6.03 Å². The molecule has 0 aliphatic heterocycles. The van der Waals surface area contributed by atoms with Gasteiger partial charge in [0.2, 0.25) is 0 Å². The molecule has 4 nitrogen and oxygen atoms in total. The van der Waals surface area contributed by atoms with Crippen LogP contribution in [0.15, 0.2) is 24.3 Å². The van der Waals surface area contributed by atoms with Gasteiger partial charge in [-0.2, -0.15) is 0 Å². The molecular weight excluding hydrogens is 238 g/mol. The SMILES string of the molecule is CCCC(CC)NC(C)c1ccc(NC(N)=O)cc1. The minimum atomic E-state index is -0.534. The van der Waals surface area contributed by atoms with Gasteiger partial charge in [0.1, 0.15) is 0 Å². The number of amides is 2. The summed E-state index contributed by atoms with van der Waals surface area (Å²) in [6.45, 7) is 6.58. The van der Waals surface area contributed by atoms with Crippen molar-refractivity contribution in [2.75, 3.05) is 5.32 Å². The molecule has 0 saturated carbocycles. The molecule has 1 aromatic rings. The third-order valence-corrected chi connectivity index (χ3v) is 3.29. The van der Waals surface area contributed by atoms with Gasteiger partial charge < -0.3 is 16.4 Å². The Morgan fingerprint density at radius 1 is 1.26 bits per heavy atom. The van der Waals surface area contributed by atoms with E-state index in [4.69, 9.17) is 5.73 Å². The van der Waals surface area contributed by atoms with Crippen molar-refractivity contribution in [1.29, 1.82) is 0 Å². The lowest BCUT2D eigenvalue weighted by Crippen LogP contribution is -2.30. The molecule has 1 rings (SSSR count). The normalized spacial score (nSPS) is 13.8. The topological polar surface area (TPSA) is 67.2 Å². The van der Waals surface area contributed by atoms with Crippen LogP contribution in [0.4, 0.5) is 10.5 Å². The monoisotopic (exact) mass is 263 g/mol. The average Bonchev–Trinajstić information content (AvgIpc) is 2.38. The summed E-state index contributed by atoms with van der Waals surface area (Å²) < 4.78 is 0. The van der Waals surface area contributed by atoms with E-state index in [2.05, 4.69) is 31.4 Å². The summed E-state index contributed by atoms with van der Waals surface area (Å²) in [5, 5.41) is 6.19. The zero-order chi connectivity index (χ0) is 14.3. The van der Waals surface area contributed by atoms with E-state index in [9.17, 15) is 4.79 Å². The van der Waals surface area contributed by atoms with Crippen molar-refractivity contribution in [2.24, 2.45) is 5.73 Å². The number of nitrogens with two attached hydrogens (primary N) is 1. The molecule has 0 bridgehead atoms. The molecule has 0 aliphatic carbocycles. The van der Waals surface area contributed by atoms with Crippen LogP contribution in [-0.4, -0.2) is 12.1 Å². The van der Waals surface area contributed by atoms with Crippen LogP contribution in [0.1, 0.15) is 51.6 Å². The largest absolute Gasteiger partial charge is 0.351 e. The first-order valence-corrected chi connectivity index (χ1v) is 6.99. The van der Waals surface area contributed by atoms with Crippen molar-refractivity contribution in [1.82, 2.24) is 5.32 Å². The first-order chi connectivity index (χ1) is 9.06. The van der Waals surface area contributed by atoms with Crippen LogP contribution >= 0.6 is 0 Å². The Bertz CT molecular complexity index is 389. The summed E-state index contributed by atoms with van der Waals surface area (Å²) in [5.41, 5.74) is 7.02. The summed E-state index contributed by atoms with van der Waals surface area (Å²) in [5.74, 6) is 0. The zero-order valence-corrected chi connectivity index (χ0v) is 12.1. The van der Waals surface area contributed by atoms with Crippen LogP contribution in [0.5, 0.6) is 0 Å². The van der Waals surface area contributed by atoms with Crippen LogP contribution < -0.4 is 16.4 Å². The Hall–Kier alpha value is -1.55. The van der Waals surface area contributed by atoms with Crippen LogP contribution in [0.25, 0.3) is 0 Å². The van der Waals surface area contributed by atoms with Gasteiger partial charge in [-0.3, -0.25) is 0 Å². The molecule has 0 heterocycles. The minimum absolute atomic E-state index is 0.305. The Balaban J connectivity index is 2.61. The number of rotatable bonds is 7. The third-order valence-electron chi connectivity index (χ3n) is 3.29. The first kappa shape index (κ1) is 15.5. The summed E-state index contributed by atoms with van der Waals surface area (Å²) in [4.78, 5) is 10.7. The molecule has 4 N–H and O–H groups in total. The molecule has 2 amide bonds. The maximum Gasteiger partial charge on any atom is 0.316 e. The number of primary amides is 1. The second-order valence-corrected chi connectivity index (χ2v) is 4.89. The molecule has 4 heteroatoms. The zero-order valence-electron chi connectivity index (χ0n) is 12.1. The van der Waals surface area contributed by atoms with Gasteiger partial charge in [0, 0.05) is 17.8 Å². The number of urea groups is 1. The number of carbonyl (C=O) groups excluding carboxylic acids is 1. The van der Waals surface area contributed by atoms with Crippen molar-refractivity contribution in [2.45, 2.75) is 52.1 Å². The molecular formula is C15H25N3O. The summed E-state index contributed by atoms with van der Waals surface area (Å²) in [6.07, 6.45) is 3.53. The van der Waals surface area contributed by atoms with Crippen molar-refractivity contribution in [3.63, 3.8) is 0 Å². The Morgan fingerprint density at radius 3 is 2.37 bits per heavy atom. The van der Waals surface area contributed by atoms with Gasteiger partial charge in [0.15, 0.2) is 0 Å². The van der Waals surface area contributed by atoms with Crippen LogP contribution in [0.2, 0.25) is 0 Å². The smallest absolute Gasteiger partial charge is 0.316 e. The van der Waals surface area contributed by atoms with Crippen LogP contribution in [0, 0.1) is 0 Å². The van der Waals surface area contributed by atoms with Crippen molar-refractivity contribution >= 4 is 11.7 Å². The van der Waals surface area contributed by atoms with Crippen molar-refractivity contribution in [3.05, 3.63) is 29.8 Å². The number of nitrogens with one attached hydrogen (secondary N) is 2. The molecule has 19 heavy (non-hydrogen) atoms. The van der Waals surface area contributed by atoms with E-state index in [-0.39, 0.29) is 0 Å². The fourth-order valence-corrected chi connectivity index (χ4v) is 2.20. The van der Waals surface area contributed by atoms with Crippen molar-refractivity contribution < 1.29 is 4.79 Å². The number of carbonyl (C=O) groups is 1. The summed E-state index contributed by atoms with van der Waals surface area (Å²) in [7, 11) is 0. The van der Waals surface area contributed by atoms with Crippen LogP contribution in [0.3, 0.4) is 0 Å². The highest BCUT2D eigenvalue weighted by Crippen LogP contribution is 2.17. The number of hydrogen-bond donors (Lipinski definition) is 3. The molecule has 0 radical (unpaired) electrons. The predicted molar refractivity (Wildman–Crippen MR) is 80.2 cm³/mol. The second kappa shape index (κ2) is 7.79. The van der Waals surface area contributed by atoms with Gasteiger partial charge in [-0.1, -0.05) is 32.4 Å². The lowest BCUT2D eigenvalue weighted by molar-refractivity contribution is 0.259. The molecule has 2 atom stereocenters. The Morgan fingerprint density at radius 2 is 1.89 bits per heavy atom.